The summed E-state index contributed by atoms with van der Waals surface area (Å²) in [5, 5.41) is 3.42. The molecule has 1 aliphatic heterocycles. The number of amides is 2. The first kappa shape index (κ1) is 16.3. The second kappa shape index (κ2) is 6.59. The van der Waals surface area contributed by atoms with Crippen LogP contribution in [0.4, 0.5) is 0 Å². The van der Waals surface area contributed by atoms with Crippen molar-refractivity contribution in [3.8, 4) is 0 Å². The molecule has 0 aromatic heterocycles. The monoisotopic (exact) mass is 347 g/mol. The van der Waals surface area contributed by atoms with Crippen LogP contribution in [-0.4, -0.2) is 35.8 Å². The molecule has 3 aromatic rings. The average molecular weight is 347 g/mol. The summed E-state index contributed by atoms with van der Waals surface area (Å²) in [5.74, 6) is -1.23. The Morgan fingerprint density at radius 1 is 0.962 bits per heavy atom. The number of hydrogen-bond donors (Lipinski definition) is 0. The van der Waals surface area contributed by atoms with Crippen molar-refractivity contribution in [2.75, 3.05) is 13.2 Å². The molecule has 1 fully saturated rings. The van der Waals surface area contributed by atoms with Crippen LogP contribution in [0.2, 0.25) is 0 Å². The van der Waals surface area contributed by atoms with E-state index in [4.69, 9.17) is 4.74 Å². The third-order valence-electron chi connectivity index (χ3n) is 4.68. The van der Waals surface area contributed by atoms with Crippen molar-refractivity contribution in [2.24, 2.45) is 0 Å². The van der Waals surface area contributed by atoms with Gasteiger partial charge in [-0.1, -0.05) is 48.5 Å². The number of carbonyl (C=O) groups excluding carboxylic acids is 3. The van der Waals surface area contributed by atoms with Gasteiger partial charge in [0.25, 0.3) is 5.91 Å². The first-order chi connectivity index (χ1) is 12.6. The van der Waals surface area contributed by atoms with Gasteiger partial charge in [0.2, 0.25) is 5.91 Å². The molecule has 130 valence electrons. The topological polar surface area (TPSA) is 63.7 Å². The quantitative estimate of drug-likeness (QED) is 0.539. The van der Waals surface area contributed by atoms with Gasteiger partial charge in [-0.2, -0.15) is 0 Å². The predicted molar refractivity (Wildman–Crippen MR) is 97.7 cm³/mol. The van der Waals surface area contributed by atoms with Crippen molar-refractivity contribution >= 4 is 39.3 Å². The highest BCUT2D eigenvalue weighted by Crippen LogP contribution is 2.29. The fraction of sp³-hybridized carbons (Fsp3) is 0.190. The molecule has 0 N–H and O–H groups in total. The van der Waals surface area contributed by atoms with E-state index in [-0.39, 0.29) is 5.91 Å². The Kier molecular flexibility index (Phi) is 4.13. The van der Waals surface area contributed by atoms with Crippen LogP contribution in [0.1, 0.15) is 23.2 Å². The lowest BCUT2D eigenvalue weighted by atomic mass is 9.97. The van der Waals surface area contributed by atoms with Crippen molar-refractivity contribution in [2.45, 2.75) is 12.8 Å². The number of imide groups is 1. The molecule has 1 aliphatic rings. The Labute approximate surface area is 150 Å². The van der Waals surface area contributed by atoms with E-state index in [1.807, 2.05) is 54.6 Å². The zero-order chi connectivity index (χ0) is 18.1. The highest BCUT2D eigenvalue weighted by molar-refractivity contribution is 6.16. The third kappa shape index (κ3) is 2.81. The number of rotatable bonds is 3. The molecule has 0 bridgehead atoms. The van der Waals surface area contributed by atoms with Gasteiger partial charge in [0, 0.05) is 13.0 Å². The minimum absolute atomic E-state index is 0.207. The van der Waals surface area contributed by atoms with E-state index in [0.717, 1.165) is 26.4 Å². The van der Waals surface area contributed by atoms with Crippen LogP contribution in [0.25, 0.3) is 21.5 Å². The standard InChI is InChI=1S/C21H17NO4/c23-18-10-5-11-22(18)19(24)13-26-21(25)20-16-8-3-1-6-14(16)12-15-7-2-4-9-17(15)20/h1-4,6-9,12H,5,10-11,13H2. The molecule has 0 unspecified atom stereocenters. The largest absolute Gasteiger partial charge is 0.452 e. The first-order valence-corrected chi connectivity index (χ1v) is 8.56. The first-order valence-electron chi connectivity index (χ1n) is 8.56. The van der Waals surface area contributed by atoms with Gasteiger partial charge in [0.05, 0.1) is 5.56 Å². The van der Waals surface area contributed by atoms with Crippen LogP contribution in [0, 0.1) is 0 Å². The van der Waals surface area contributed by atoms with Crippen LogP contribution >= 0.6 is 0 Å². The summed E-state index contributed by atoms with van der Waals surface area (Å²) in [6.45, 7) is -0.0332. The summed E-state index contributed by atoms with van der Waals surface area (Å²) >= 11 is 0. The van der Waals surface area contributed by atoms with E-state index in [1.165, 1.54) is 0 Å². The van der Waals surface area contributed by atoms with Gasteiger partial charge in [-0.15, -0.1) is 0 Å². The zero-order valence-corrected chi connectivity index (χ0v) is 14.1. The van der Waals surface area contributed by atoms with E-state index in [0.29, 0.717) is 24.9 Å². The highest BCUT2D eigenvalue weighted by Gasteiger charge is 2.27. The molecule has 0 radical (unpaired) electrons. The number of benzene rings is 3. The number of fused-ring (bicyclic) bond motifs is 2. The lowest BCUT2D eigenvalue weighted by molar-refractivity contribution is -0.143. The Morgan fingerprint density at radius 2 is 1.58 bits per heavy atom. The predicted octanol–water partition coefficient (Wildman–Crippen LogP) is 3.30. The Bertz CT molecular complexity index is 987. The average Bonchev–Trinajstić information content (AvgIpc) is 3.10. The van der Waals surface area contributed by atoms with Crippen LogP contribution in [-0.2, 0) is 14.3 Å². The number of carbonyl (C=O) groups is 3. The smallest absolute Gasteiger partial charge is 0.339 e. The molecule has 2 amide bonds. The van der Waals surface area contributed by atoms with Crippen LogP contribution in [0.5, 0.6) is 0 Å². The highest BCUT2D eigenvalue weighted by atomic mass is 16.5. The SMILES string of the molecule is O=C(OCC(=O)N1CCCC1=O)c1c2ccccc2cc2ccccc12. The minimum atomic E-state index is -0.557. The summed E-state index contributed by atoms with van der Waals surface area (Å²) in [6.07, 6.45) is 1.03. The molecule has 5 nitrogen and oxygen atoms in total. The summed E-state index contributed by atoms with van der Waals surface area (Å²) in [6, 6.07) is 17.2. The maximum Gasteiger partial charge on any atom is 0.339 e. The van der Waals surface area contributed by atoms with Crippen molar-refractivity contribution < 1.29 is 19.1 Å². The second-order valence-electron chi connectivity index (χ2n) is 6.31. The van der Waals surface area contributed by atoms with E-state index in [2.05, 4.69) is 0 Å². The van der Waals surface area contributed by atoms with Crippen molar-refractivity contribution in [1.82, 2.24) is 4.90 Å². The van der Waals surface area contributed by atoms with E-state index >= 15 is 0 Å². The Morgan fingerprint density at radius 3 is 2.15 bits per heavy atom. The molecule has 0 saturated carbocycles. The second-order valence-corrected chi connectivity index (χ2v) is 6.31. The Hall–Kier alpha value is -3.21. The van der Waals surface area contributed by atoms with Gasteiger partial charge >= 0.3 is 5.97 Å². The summed E-state index contributed by atoms with van der Waals surface area (Å²) < 4.78 is 5.28. The van der Waals surface area contributed by atoms with Crippen molar-refractivity contribution in [3.05, 3.63) is 60.2 Å². The number of likely N-dealkylation sites (tertiary alicyclic amines) is 1. The molecule has 1 heterocycles. The van der Waals surface area contributed by atoms with Gasteiger partial charge < -0.3 is 4.74 Å². The molecule has 1 saturated heterocycles. The number of hydrogen-bond acceptors (Lipinski definition) is 4. The normalized spacial score (nSPS) is 14.2. The molecule has 26 heavy (non-hydrogen) atoms. The Balaban J connectivity index is 1.67. The molecule has 3 aromatic carbocycles. The van der Waals surface area contributed by atoms with Gasteiger partial charge in [0.15, 0.2) is 6.61 Å². The number of ether oxygens (including phenoxy) is 1. The van der Waals surface area contributed by atoms with Gasteiger partial charge in [-0.3, -0.25) is 14.5 Å². The molecule has 0 atom stereocenters. The molecule has 0 aliphatic carbocycles. The van der Waals surface area contributed by atoms with Gasteiger partial charge in [-0.05, 0) is 34.0 Å². The zero-order valence-electron chi connectivity index (χ0n) is 14.1. The molecule has 0 spiro atoms. The van der Waals surface area contributed by atoms with Gasteiger partial charge in [0.1, 0.15) is 0 Å². The molecular weight excluding hydrogens is 330 g/mol. The minimum Gasteiger partial charge on any atom is -0.452 e. The fourth-order valence-corrected chi connectivity index (χ4v) is 3.42. The molecular formula is C21H17NO4. The van der Waals surface area contributed by atoms with Gasteiger partial charge in [-0.25, -0.2) is 4.79 Å². The van der Waals surface area contributed by atoms with E-state index in [1.54, 1.807) is 0 Å². The van der Waals surface area contributed by atoms with E-state index < -0.39 is 18.5 Å². The van der Waals surface area contributed by atoms with Crippen LogP contribution in [0.3, 0.4) is 0 Å². The fourth-order valence-electron chi connectivity index (χ4n) is 3.42. The summed E-state index contributed by atoms with van der Waals surface area (Å²) in [7, 11) is 0. The lowest BCUT2D eigenvalue weighted by Gasteiger charge is -2.15. The molecule has 5 heteroatoms. The number of esters is 1. The van der Waals surface area contributed by atoms with Crippen molar-refractivity contribution in [1.29, 1.82) is 0 Å². The van der Waals surface area contributed by atoms with Crippen LogP contribution < -0.4 is 0 Å². The lowest BCUT2D eigenvalue weighted by Crippen LogP contribution is -2.35. The maximum atomic E-state index is 12.8. The van der Waals surface area contributed by atoms with E-state index in [9.17, 15) is 14.4 Å². The maximum absolute atomic E-state index is 12.8. The summed E-state index contributed by atoms with van der Waals surface area (Å²) in [4.78, 5) is 37.7. The summed E-state index contributed by atoms with van der Waals surface area (Å²) in [5.41, 5.74) is 0.444. The third-order valence-corrected chi connectivity index (χ3v) is 4.68. The van der Waals surface area contributed by atoms with Crippen LogP contribution in [0.15, 0.2) is 54.6 Å². The molecule has 4 rings (SSSR count). The number of nitrogens with zero attached hydrogens (tertiary/aromatic N) is 1. The van der Waals surface area contributed by atoms with Crippen molar-refractivity contribution in [3.63, 3.8) is 0 Å².